The highest BCUT2D eigenvalue weighted by Gasteiger charge is 2.07. The van der Waals surface area contributed by atoms with E-state index in [0.717, 1.165) is 24.3 Å². The van der Waals surface area contributed by atoms with Gasteiger partial charge in [0.05, 0.1) is 7.11 Å². The summed E-state index contributed by atoms with van der Waals surface area (Å²) in [7, 11) is 1.67. The van der Waals surface area contributed by atoms with Crippen LogP contribution in [0.3, 0.4) is 0 Å². The number of methoxy groups -OCH3 is 1. The average molecular weight is 285 g/mol. The highest BCUT2D eigenvalue weighted by molar-refractivity contribution is 5.43. The lowest BCUT2D eigenvalue weighted by Gasteiger charge is -2.13. The Morgan fingerprint density at radius 3 is 2.57 bits per heavy atom. The third-order valence-corrected chi connectivity index (χ3v) is 3.54. The van der Waals surface area contributed by atoms with Gasteiger partial charge in [-0.2, -0.15) is 0 Å². The first-order chi connectivity index (χ1) is 10.2. The second kappa shape index (κ2) is 7.70. The van der Waals surface area contributed by atoms with E-state index >= 15 is 0 Å². The zero-order valence-corrected chi connectivity index (χ0v) is 12.8. The van der Waals surface area contributed by atoms with Gasteiger partial charge in [-0.1, -0.05) is 30.3 Å². The SMILES string of the molecule is COc1cc(CCCN)ccc1OCc1ccccc1C. The zero-order valence-electron chi connectivity index (χ0n) is 12.8. The Balaban J connectivity index is 2.07. The molecular formula is C18H23NO2. The number of aryl methyl sites for hydroxylation is 2. The summed E-state index contributed by atoms with van der Waals surface area (Å²) in [5.41, 5.74) is 9.19. The highest BCUT2D eigenvalue weighted by Crippen LogP contribution is 2.29. The Hall–Kier alpha value is -2.00. The predicted molar refractivity (Wildman–Crippen MR) is 85.9 cm³/mol. The number of nitrogens with two attached hydrogens (primary N) is 1. The van der Waals surface area contributed by atoms with Gasteiger partial charge in [0.2, 0.25) is 0 Å². The molecule has 0 atom stereocenters. The van der Waals surface area contributed by atoms with E-state index in [1.165, 1.54) is 16.7 Å². The second-order valence-electron chi connectivity index (χ2n) is 5.09. The summed E-state index contributed by atoms with van der Waals surface area (Å²) in [4.78, 5) is 0. The van der Waals surface area contributed by atoms with Crippen LogP contribution < -0.4 is 15.2 Å². The van der Waals surface area contributed by atoms with Gasteiger partial charge < -0.3 is 15.2 Å². The van der Waals surface area contributed by atoms with Gasteiger partial charge in [0.1, 0.15) is 6.61 Å². The Labute approximate surface area is 126 Å². The number of benzene rings is 2. The van der Waals surface area contributed by atoms with Crippen molar-refractivity contribution in [1.29, 1.82) is 0 Å². The maximum Gasteiger partial charge on any atom is 0.161 e. The molecule has 0 bridgehead atoms. The molecule has 0 saturated heterocycles. The molecule has 0 unspecified atom stereocenters. The van der Waals surface area contributed by atoms with E-state index in [0.29, 0.717) is 13.2 Å². The molecule has 2 aromatic rings. The topological polar surface area (TPSA) is 44.5 Å². The molecule has 2 rings (SSSR count). The first-order valence-electron chi connectivity index (χ1n) is 7.29. The smallest absolute Gasteiger partial charge is 0.161 e. The molecule has 0 saturated carbocycles. The van der Waals surface area contributed by atoms with Crippen molar-refractivity contribution < 1.29 is 9.47 Å². The van der Waals surface area contributed by atoms with Crippen molar-refractivity contribution >= 4 is 0 Å². The van der Waals surface area contributed by atoms with Gasteiger partial charge in [-0.25, -0.2) is 0 Å². The molecule has 2 aromatic carbocycles. The second-order valence-corrected chi connectivity index (χ2v) is 5.09. The van der Waals surface area contributed by atoms with Crippen LogP contribution in [-0.2, 0) is 13.0 Å². The third kappa shape index (κ3) is 4.23. The number of ether oxygens (including phenoxy) is 2. The first kappa shape index (κ1) is 15.4. The van der Waals surface area contributed by atoms with Gasteiger partial charge in [-0.15, -0.1) is 0 Å². The summed E-state index contributed by atoms with van der Waals surface area (Å²) >= 11 is 0. The number of hydrogen-bond donors (Lipinski definition) is 1. The predicted octanol–water partition coefficient (Wildman–Crippen LogP) is 3.47. The third-order valence-electron chi connectivity index (χ3n) is 3.54. The molecule has 0 aromatic heterocycles. The monoisotopic (exact) mass is 285 g/mol. The molecular weight excluding hydrogens is 262 g/mol. The summed E-state index contributed by atoms with van der Waals surface area (Å²) in [5.74, 6) is 1.55. The summed E-state index contributed by atoms with van der Waals surface area (Å²) < 4.78 is 11.3. The van der Waals surface area contributed by atoms with Crippen molar-refractivity contribution in [2.75, 3.05) is 13.7 Å². The van der Waals surface area contributed by atoms with E-state index in [1.807, 2.05) is 24.3 Å². The van der Waals surface area contributed by atoms with E-state index in [9.17, 15) is 0 Å². The normalized spacial score (nSPS) is 10.4. The Kier molecular flexibility index (Phi) is 5.64. The van der Waals surface area contributed by atoms with Crippen molar-refractivity contribution in [3.8, 4) is 11.5 Å². The van der Waals surface area contributed by atoms with Crippen LogP contribution in [0, 0.1) is 6.92 Å². The van der Waals surface area contributed by atoms with Crippen LogP contribution in [0.15, 0.2) is 42.5 Å². The highest BCUT2D eigenvalue weighted by atomic mass is 16.5. The van der Waals surface area contributed by atoms with Crippen molar-refractivity contribution in [1.82, 2.24) is 0 Å². The van der Waals surface area contributed by atoms with Gasteiger partial charge in [0, 0.05) is 0 Å². The minimum atomic E-state index is 0.547. The molecule has 2 N–H and O–H groups in total. The average Bonchev–Trinajstić information content (AvgIpc) is 2.52. The van der Waals surface area contributed by atoms with Crippen LogP contribution in [0.25, 0.3) is 0 Å². The van der Waals surface area contributed by atoms with Crippen molar-refractivity contribution in [3.05, 3.63) is 59.2 Å². The Morgan fingerprint density at radius 2 is 1.86 bits per heavy atom. The van der Waals surface area contributed by atoms with Crippen LogP contribution in [-0.4, -0.2) is 13.7 Å². The van der Waals surface area contributed by atoms with Crippen LogP contribution in [0.2, 0.25) is 0 Å². The van der Waals surface area contributed by atoms with Crippen molar-refractivity contribution in [3.63, 3.8) is 0 Å². The van der Waals surface area contributed by atoms with Gasteiger partial charge in [0.25, 0.3) is 0 Å². The maximum atomic E-state index is 5.90. The lowest BCUT2D eigenvalue weighted by molar-refractivity contribution is 0.283. The molecule has 112 valence electrons. The molecule has 0 heterocycles. The molecule has 0 spiro atoms. The Morgan fingerprint density at radius 1 is 1.05 bits per heavy atom. The molecule has 3 heteroatoms. The Bertz CT molecular complexity index is 581. The fourth-order valence-electron chi connectivity index (χ4n) is 2.22. The minimum Gasteiger partial charge on any atom is -0.493 e. The number of hydrogen-bond acceptors (Lipinski definition) is 3. The zero-order chi connectivity index (χ0) is 15.1. The van der Waals surface area contributed by atoms with E-state index in [1.54, 1.807) is 7.11 Å². The molecule has 0 amide bonds. The molecule has 0 aliphatic rings. The lowest BCUT2D eigenvalue weighted by atomic mass is 10.1. The first-order valence-corrected chi connectivity index (χ1v) is 7.29. The molecule has 0 radical (unpaired) electrons. The van der Waals surface area contributed by atoms with Crippen molar-refractivity contribution in [2.45, 2.75) is 26.4 Å². The molecule has 0 aliphatic carbocycles. The summed E-state index contributed by atoms with van der Waals surface area (Å²) in [5, 5.41) is 0. The summed E-state index contributed by atoms with van der Waals surface area (Å²) in [6.45, 7) is 3.34. The molecule has 3 nitrogen and oxygen atoms in total. The minimum absolute atomic E-state index is 0.547. The van der Waals surface area contributed by atoms with Crippen LogP contribution >= 0.6 is 0 Å². The fourth-order valence-corrected chi connectivity index (χ4v) is 2.22. The van der Waals surface area contributed by atoms with Crippen LogP contribution in [0.5, 0.6) is 11.5 Å². The van der Waals surface area contributed by atoms with Gasteiger partial charge in [-0.05, 0) is 55.1 Å². The van der Waals surface area contributed by atoms with E-state index in [2.05, 4.69) is 25.1 Å². The van der Waals surface area contributed by atoms with Gasteiger partial charge >= 0.3 is 0 Å². The van der Waals surface area contributed by atoms with E-state index in [-0.39, 0.29) is 0 Å². The molecule has 0 aliphatic heterocycles. The number of rotatable bonds is 7. The lowest BCUT2D eigenvalue weighted by Crippen LogP contribution is -2.02. The molecule has 0 fully saturated rings. The van der Waals surface area contributed by atoms with E-state index < -0.39 is 0 Å². The quantitative estimate of drug-likeness (QED) is 0.847. The molecule has 21 heavy (non-hydrogen) atoms. The fraction of sp³-hybridized carbons (Fsp3) is 0.333. The standard InChI is InChI=1S/C18H23NO2/c1-14-6-3-4-8-16(14)13-21-17-10-9-15(7-5-11-19)12-18(17)20-2/h3-4,6,8-10,12H,5,7,11,13,19H2,1-2H3. The van der Waals surface area contributed by atoms with Crippen molar-refractivity contribution in [2.24, 2.45) is 5.73 Å². The summed E-state index contributed by atoms with van der Waals surface area (Å²) in [6.07, 6.45) is 1.94. The van der Waals surface area contributed by atoms with Crippen LogP contribution in [0.4, 0.5) is 0 Å². The van der Waals surface area contributed by atoms with Crippen LogP contribution in [0.1, 0.15) is 23.1 Å². The largest absolute Gasteiger partial charge is 0.493 e. The maximum absolute atomic E-state index is 5.90. The van der Waals surface area contributed by atoms with E-state index in [4.69, 9.17) is 15.2 Å². The summed E-state index contributed by atoms with van der Waals surface area (Å²) in [6, 6.07) is 14.3. The van der Waals surface area contributed by atoms with Gasteiger partial charge in [0.15, 0.2) is 11.5 Å². The van der Waals surface area contributed by atoms with Gasteiger partial charge in [-0.3, -0.25) is 0 Å².